The number of fused-ring (bicyclic) bond motifs is 1. The van der Waals surface area contributed by atoms with E-state index >= 15 is 0 Å². The number of hydrogen-bond acceptors (Lipinski definition) is 4. The minimum Gasteiger partial charge on any atom is -0.491 e. The Morgan fingerprint density at radius 1 is 1.14 bits per heavy atom. The van der Waals surface area contributed by atoms with Crippen LogP contribution in [0.15, 0.2) is 48.5 Å². The molecule has 4 rings (SSSR count). The van der Waals surface area contributed by atoms with Crippen LogP contribution in [0.1, 0.15) is 17.5 Å². The van der Waals surface area contributed by atoms with E-state index in [2.05, 4.69) is 5.32 Å². The largest absolute Gasteiger partial charge is 0.491 e. The molecule has 1 fully saturated rings. The lowest BCUT2D eigenvalue weighted by atomic mass is 10.1. The highest BCUT2D eigenvalue weighted by molar-refractivity contribution is 5.89. The third-order valence-electron chi connectivity index (χ3n) is 5.41. The predicted octanol–water partition coefficient (Wildman–Crippen LogP) is 1.94. The summed E-state index contributed by atoms with van der Waals surface area (Å²) in [5, 5.41) is 2.86. The number of nitrogens with zero attached hydrogens (tertiary/aromatic N) is 2. The Labute approximate surface area is 169 Å². The average Bonchev–Trinajstić information content (AvgIpc) is 2.95. The fourth-order valence-electron chi connectivity index (χ4n) is 3.83. The van der Waals surface area contributed by atoms with Gasteiger partial charge >= 0.3 is 0 Å². The van der Waals surface area contributed by atoms with Crippen molar-refractivity contribution >= 4 is 11.8 Å². The molecule has 2 aromatic rings. The van der Waals surface area contributed by atoms with Gasteiger partial charge in [-0.05, 0) is 23.8 Å². The summed E-state index contributed by atoms with van der Waals surface area (Å²) < 4.78 is 18.9. The Hall–Kier alpha value is -2.93. The summed E-state index contributed by atoms with van der Waals surface area (Å²) in [5.74, 6) is 0.298. The van der Waals surface area contributed by atoms with Gasteiger partial charge in [-0.1, -0.05) is 30.3 Å². The van der Waals surface area contributed by atoms with Crippen LogP contribution >= 0.6 is 0 Å². The standard InChI is InChI=1S/C22H24FN3O3/c23-18-7-5-16(6-8-18)14-25-10-9-24-22(28)19(25)13-21(27)26-11-12-29-20-4-2-1-3-17(20)15-26/h1-8,19H,9-15H2,(H,24,28). The van der Waals surface area contributed by atoms with Crippen molar-refractivity contribution in [3.63, 3.8) is 0 Å². The Morgan fingerprint density at radius 2 is 1.93 bits per heavy atom. The van der Waals surface area contributed by atoms with Crippen molar-refractivity contribution in [2.24, 2.45) is 0 Å². The average molecular weight is 397 g/mol. The van der Waals surface area contributed by atoms with E-state index in [-0.39, 0.29) is 24.1 Å². The summed E-state index contributed by atoms with van der Waals surface area (Å²) in [6.07, 6.45) is 0.106. The SMILES string of the molecule is O=C1NCCN(Cc2ccc(F)cc2)C1CC(=O)N1CCOc2ccccc2C1. The zero-order valence-corrected chi connectivity index (χ0v) is 16.1. The number of para-hydroxylation sites is 1. The minimum atomic E-state index is -0.541. The quantitative estimate of drug-likeness (QED) is 0.857. The molecule has 29 heavy (non-hydrogen) atoms. The van der Waals surface area contributed by atoms with Gasteiger partial charge in [0.2, 0.25) is 11.8 Å². The third-order valence-corrected chi connectivity index (χ3v) is 5.41. The lowest BCUT2D eigenvalue weighted by Gasteiger charge is -2.35. The maximum Gasteiger partial charge on any atom is 0.237 e. The van der Waals surface area contributed by atoms with Gasteiger partial charge in [0.15, 0.2) is 0 Å². The molecule has 2 heterocycles. The van der Waals surface area contributed by atoms with Gasteiger partial charge < -0.3 is 15.0 Å². The Morgan fingerprint density at radius 3 is 2.76 bits per heavy atom. The van der Waals surface area contributed by atoms with E-state index in [0.717, 1.165) is 16.9 Å². The Bertz CT molecular complexity index is 887. The number of carbonyl (C=O) groups is 2. The summed E-state index contributed by atoms with van der Waals surface area (Å²) in [5.41, 5.74) is 1.88. The Balaban J connectivity index is 1.45. The fraction of sp³-hybridized carbons (Fsp3) is 0.364. The van der Waals surface area contributed by atoms with E-state index < -0.39 is 6.04 Å². The molecule has 1 saturated heterocycles. The third kappa shape index (κ3) is 4.56. The van der Waals surface area contributed by atoms with Crippen LogP contribution in [0.25, 0.3) is 0 Å². The van der Waals surface area contributed by atoms with Gasteiger partial charge in [0.1, 0.15) is 18.2 Å². The van der Waals surface area contributed by atoms with Crippen LogP contribution in [-0.4, -0.2) is 53.9 Å². The first-order valence-electron chi connectivity index (χ1n) is 9.85. The first-order valence-corrected chi connectivity index (χ1v) is 9.85. The molecule has 0 bridgehead atoms. The van der Waals surface area contributed by atoms with Crippen molar-refractivity contribution < 1.29 is 18.7 Å². The molecule has 2 aliphatic rings. The molecule has 1 atom stereocenters. The molecule has 7 heteroatoms. The molecule has 2 amide bonds. The summed E-state index contributed by atoms with van der Waals surface area (Å²) in [6.45, 7) is 3.07. The molecule has 1 N–H and O–H groups in total. The molecule has 1 unspecified atom stereocenters. The molecular weight excluding hydrogens is 373 g/mol. The predicted molar refractivity (Wildman–Crippen MR) is 106 cm³/mol. The fourth-order valence-corrected chi connectivity index (χ4v) is 3.83. The van der Waals surface area contributed by atoms with Gasteiger partial charge in [-0.15, -0.1) is 0 Å². The lowest BCUT2D eigenvalue weighted by Crippen LogP contribution is -2.56. The number of carbonyl (C=O) groups excluding carboxylic acids is 2. The van der Waals surface area contributed by atoms with Crippen LogP contribution in [0.2, 0.25) is 0 Å². The second-order valence-corrected chi connectivity index (χ2v) is 7.38. The monoisotopic (exact) mass is 397 g/mol. The zero-order chi connectivity index (χ0) is 20.2. The first kappa shape index (κ1) is 19.4. The highest BCUT2D eigenvalue weighted by Crippen LogP contribution is 2.23. The molecule has 2 aliphatic heterocycles. The number of nitrogens with one attached hydrogen (secondary N) is 1. The second-order valence-electron chi connectivity index (χ2n) is 7.38. The van der Waals surface area contributed by atoms with Crippen LogP contribution < -0.4 is 10.1 Å². The van der Waals surface area contributed by atoms with E-state index in [1.54, 1.807) is 17.0 Å². The van der Waals surface area contributed by atoms with Crippen molar-refractivity contribution in [2.75, 3.05) is 26.2 Å². The van der Waals surface area contributed by atoms with Crippen molar-refractivity contribution in [1.82, 2.24) is 15.1 Å². The van der Waals surface area contributed by atoms with E-state index in [1.165, 1.54) is 12.1 Å². The van der Waals surface area contributed by atoms with Crippen LogP contribution in [-0.2, 0) is 22.7 Å². The van der Waals surface area contributed by atoms with Crippen molar-refractivity contribution in [2.45, 2.75) is 25.6 Å². The molecule has 0 saturated carbocycles. The zero-order valence-electron chi connectivity index (χ0n) is 16.1. The second kappa shape index (κ2) is 8.61. The molecule has 0 aromatic heterocycles. The van der Waals surface area contributed by atoms with Gasteiger partial charge in [0.25, 0.3) is 0 Å². The number of rotatable bonds is 4. The molecule has 0 spiro atoms. The summed E-state index contributed by atoms with van der Waals surface area (Å²) in [6, 6.07) is 13.4. The minimum absolute atomic E-state index is 0.0727. The van der Waals surface area contributed by atoms with Crippen molar-refractivity contribution in [3.8, 4) is 5.75 Å². The first-order chi connectivity index (χ1) is 14.1. The van der Waals surface area contributed by atoms with Gasteiger partial charge in [0, 0.05) is 31.7 Å². The van der Waals surface area contributed by atoms with Gasteiger partial charge in [-0.25, -0.2) is 4.39 Å². The van der Waals surface area contributed by atoms with Crippen LogP contribution in [0.4, 0.5) is 4.39 Å². The van der Waals surface area contributed by atoms with Crippen LogP contribution in [0.5, 0.6) is 5.75 Å². The number of piperazine rings is 1. The molecule has 2 aromatic carbocycles. The van der Waals surface area contributed by atoms with Gasteiger partial charge in [0.05, 0.1) is 19.0 Å². The maximum absolute atomic E-state index is 13.2. The van der Waals surface area contributed by atoms with E-state index in [9.17, 15) is 14.0 Å². The molecule has 0 aliphatic carbocycles. The molecule has 6 nitrogen and oxygen atoms in total. The lowest BCUT2D eigenvalue weighted by molar-refractivity contribution is -0.139. The van der Waals surface area contributed by atoms with Crippen LogP contribution in [0.3, 0.4) is 0 Å². The van der Waals surface area contributed by atoms with E-state index in [0.29, 0.717) is 39.3 Å². The highest BCUT2D eigenvalue weighted by atomic mass is 19.1. The summed E-state index contributed by atoms with van der Waals surface area (Å²) >= 11 is 0. The smallest absolute Gasteiger partial charge is 0.237 e. The normalized spacial score (nSPS) is 19.7. The van der Waals surface area contributed by atoms with Gasteiger partial charge in [-0.3, -0.25) is 14.5 Å². The highest BCUT2D eigenvalue weighted by Gasteiger charge is 2.33. The van der Waals surface area contributed by atoms with Gasteiger partial charge in [-0.2, -0.15) is 0 Å². The van der Waals surface area contributed by atoms with E-state index in [1.807, 2.05) is 29.2 Å². The van der Waals surface area contributed by atoms with Crippen molar-refractivity contribution in [3.05, 3.63) is 65.5 Å². The number of ether oxygens (including phenoxy) is 1. The van der Waals surface area contributed by atoms with Crippen LogP contribution in [0, 0.1) is 5.82 Å². The maximum atomic E-state index is 13.2. The topological polar surface area (TPSA) is 61.9 Å². The Kier molecular flexibility index (Phi) is 5.76. The van der Waals surface area contributed by atoms with E-state index in [4.69, 9.17) is 4.74 Å². The molecule has 152 valence electrons. The number of hydrogen-bond donors (Lipinski definition) is 1. The number of benzene rings is 2. The summed E-state index contributed by atoms with van der Waals surface area (Å²) in [7, 11) is 0. The molecule has 0 radical (unpaired) electrons. The molecular formula is C22H24FN3O3. The number of amides is 2. The number of halogens is 1. The van der Waals surface area contributed by atoms with Crippen molar-refractivity contribution in [1.29, 1.82) is 0 Å². The summed E-state index contributed by atoms with van der Waals surface area (Å²) in [4.78, 5) is 29.3.